The fraction of sp³-hybridized carbons (Fsp3) is 0.400. The molecule has 1 saturated carbocycles. The van der Waals surface area contributed by atoms with Crippen LogP contribution in [-0.2, 0) is 20.2 Å². The van der Waals surface area contributed by atoms with Crippen LogP contribution in [-0.4, -0.2) is 14.9 Å². The number of benzene rings is 1. The number of para-hydroxylation sites is 1. The van der Waals surface area contributed by atoms with Gasteiger partial charge in [0.15, 0.2) is 0 Å². The van der Waals surface area contributed by atoms with Crippen LogP contribution >= 0.6 is 0 Å². The van der Waals surface area contributed by atoms with Gasteiger partial charge in [0.05, 0.1) is 12.8 Å². The first kappa shape index (κ1) is 12.2. The van der Waals surface area contributed by atoms with Crippen molar-refractivity contribution in [2.45, 2.75) is 31.9 Å². The number of hydrogen-bond acceptors (Lipinski definition) is 3. The topological polar surface area (TPSA) is 50.1 Å². The maximum Gasteiger partial charge on any atom is 0.0701 e. The third-order valence-electron chi connectivity index (χ3n) is 3.69. The summed E-state index contributed by atoms with van der Waals surface area (Å²) in [6.45, 7) is 0.822. The molecule has 0 atom stereocenters. The quantitative estimate of drug-likeness (QED) is 0.864. The fourth-order valence-electron chi connectivity index (χ4n) is 2.53. The maximum absolute atomic E-state index is 9.32. The second-order valence-corrected chi connectivity index (χ2v) is 5.12. The van der Waals surface area contributed by atoms with Crippen molar-refractivity contribution in [3.63, 3.8) is 0 Å². The van der Waals surface area contributed by atoms with E-state index in [1.807, 2.05) is 42.2 Å². The second kappa shape index (κ2) is 5.05. The zero-order valence-electron chi connectivity index (χ0n) is 11.1. The minimum Gasteiger partial charge on any atom is -0.392 e. The van der Waals surface area contributed by atoms with Crippen molar-refractivity contribution in [2.24, 2.45) is 7.05 Å². The van der Waals surface area contributed by atoms with E-state index in [9.17, 15) is 5.11 Å². The van der Waals surface area contributed by atoms with E-state index in [-0.39, 0.29) is 6.61 Å². The highest BCUT2D eigenvalue weighted by Gasteiger charge is 2.29. The number of nitrogens with zero attached hydrogens (tertiary/aromatic N) is 2. The van der Waals surface area contributed by atoms with Crippen molar-refractivity contribution in [3.8, 4) is 0 Å². The van der Waals surface area contributed by atoms with Crippen LogP contribution in [0.25, 0.3) is 0 Å². The molecular weight excluding hydrogens is 238 g/mol. The molecule has 100 valence electrons. The Morgan fingerprint density at radius 3 is 2.84 bits per heavy atom. The zero-order valence-corrected chi connectivity index (χ0v) is 11.1. The van der Waals surface area contributed by atoms with Crippen LogP contribution < -0.4 is 5.32 Å². The van der Waals surface area contributed by atoms with Gasteiger partial charge in [0.25, 0.3) is 0 Å². The van der Waals surface area contributed by atoms with Gasteiger partial charge in [-0.2, -0.15) is 5.10 Å². The van der Waals surface area contributed by atoms with Crippen LogP contribution in [0, 0.1) is 0 Å². The average molecular weight is 257 g/mol. The summed E-state index contributed by atoms with van der Waals surface area (Å²) in [5, 5.41) is 17.1. The fourth-order valence-corrected chi connectivity index (χ4v) is 2.53. The van der Waals surface area contributed by atoms with E-state index < -0.39 is 0 Å². The number of aliphatic hydroxyl groups is 1. The zero-order chi connectivity index (χ0) is 13.2. The summed E-state index contributed by atoms with van der Waals surface area (Å²) in [5.41, 5.74) is 4.54. The third kappa shape index (κ3) is 2.49. The van der Waals surface area contributed by atoms with E-state index in [0.717, 1.165) is 17.8 Å². The molecule has 19 heavy (non-hydrogen) atoms. The average Bonchev–Trinajstić information content (AvgIpc) is 3.20. The summed E-state index contributed by atoms with van der Waals surface area (Å²) >= 11 is 0. The van der Waals surface area contributed by atoms with Gasteiger partial charge in [-0.05, 0) is 18.9 Å². The van der Waals surface area contributed by atoms with E-state index in [1.54, 1.807) is 0 Å². The van der Waals surface area contributed by atoms with Gasteiger partial charge in [0, 0.05) is 42.0 Å². The van der Waals surface area contributed by atoms with E-state index in [0.29, 0.717) is 5.92 Å². The Bertz CT molecular complexity index is 573. The Kier molecular flexibility index (Phi) is 3.25. The number of hydrogen-bond donors (Lipinski definition) is 2. The SMILES string of the molecule is Cn1ncc(CNc2ccccc2CO)c1C1CC1. The lowest BCUT2D eigenvalue weighted by Crippen LogP contribution is -2.05. The van der Waals surface area contributed by atoms with Gasteiger partial charge >= 0.3 is 0 Å². The van der Waals surface area contributed by atoms with E-state index in [4.69, 9.17) is 0 Å². The Morgan fingerprint density at radius 2 is 2.11 bits per heavy atom. The highest BCUT2D eigenvalue weighted by molar-refractivity contribution is 5.51. The van der Waals surface area contributed by atoms with Gasteiger partial charge in [-0.15, -0.1) is 0 Å². The van der Waals surface area contributed by atoms with E-state index in [1.165, 1.54) is 24.1 Å². The molecule has 0 saturated heterocycles. The van der Waals surface area contributed by atoms with Crippen LogP contribution in [0.3, 0.4) is 0 Å². The van der Waals surface area contributed by atoms with Gasteiger partial charge in [-0.25, -0.2) is 0 Å². The number of nitrogens with one attached hydrogen (secondary N) is 1. The van der Waals surface area contributed by atoms with Crippen molar-refractivity contribution in [2.75, 3.05) is 5.32 Å². The molecule has 0 amide bonds. The molecule has 0 radical (unpaired) electrons. The molecular formula is C15H19N3O. The number of rotatable bonds is 5. The van der Waals surface area contributed by atoms with Crippen molar-refractivity contribution in [1.82, 2.24) is 9.78 Å². The number of aromatic nitrogens is 2. The summed E-state index contributed by atoms with van der Waals surface area (Å²) in [6.07, 6.45) is 4.50. The standard InChI is InChI=1S/C15H19N3O/c1-18-15(11-6-7-11)13(9-17-18)8-16-14-5-3-2-4-12(14)10-19/h2-5,9,11,16,19H,6-8,10H2,1H3. The Hall–Kier alpha value is -1.81. The van der Waals surface area contributed by atoms with Gasteiger partial charge in [0.2, 0.25) is 0 Å². The highest BCUT2D eigenvalue weighted by Crippen LogP contribution is 2.41. The highest BCUT2D eigenvalue weighted by atomic mass is 16.3. The number of aryl methyl sites for hydroxylation is 1. The number of anilines is 1. The van der Waals surface area contributed by atoms with Crippen LogP contribution in [0.2, 0.25) is 0 Å². The molecule has 1 aromatic carbocycles. The Morgan fingerprint density at radius 1 is 1.32 bits per heavy atom. The molecule has 0 spiro atoms. The van der Waals surface area contributed by atoms with E-state index in [2.05, 4.69) is 10.4 Å². The van der Waals surface area contributed by atoms with Gasteiger partial charge in [-0.3, -0.25) is 4.68 Å². The molecule has 4 heteroatoms. The Balaban J connectivity index is 1.75. The monoisotopic (exact) mass is 257 g/mol. The molecule has 1 heterocycles. The summed E-state index contributed by atoms with van der Waals surface area (Å²) in [4.78, 5) is 0. The summed E-state index contributed by atoms with van der Waals surface area (Å²) in [5.74, 6) is 0.692. The molecule has 3 rings (SSSR count). The predicted molar refractivity (Wildman–Crippen MR) is 74.9 cm³/mol. The first-order chi connectivity index (χ1) is 9.29. The lowest BCUT2D eigenvalue weighted by atomic mass is 10.1. The molecule has 1 aliphatic carbocycles. The molecule has 4 nitrogen and oxygen atoms in total. The molecule has 0 aliphatic heterocycles. The minimum absolute atomic E-state index is 0.0612. The molecule has 1 fully saturated rings. The summed E-state index contributed by atoms with van der Waals surface area (Å²) < 4.78 is 1.99. The summed E-state index contributed by atoms with van der Waals surface area (Å²) in [7, 11) is 2.01. The van der Waals surface area contributed by atoms with Gasteiger partial charge in [0.1, 0.15) is 0 Å². The van der Waals surface area contributed by atoms with Crippen LogP contribution in [0.15, 0.2) is 30.5 Å². The molecule has 0 bridgehead atoms. The third-order valence-corrected chi connectivity index (χ3v) is 3.69. The van der Waals surface area contributed by atoms with E-state index >= 15 is 0 Å². The van der Waals surface area contributed by atoms with Crippen LogP contribution in [0.4, 0.5) is 5.69 Å². The number of aliphatic hydroxyl groups excluding tert-OH is 1. The first-order valence-corrected chi connectivity index (χ1v) is 6.73. The smallest absolute Gasteiger partial charge is 0.0701 e. The van der Waals surface area contributed by atoms with Crippen molar-refractivity contribution in [3.05, 3.63) is 47.3 Å². The van der Waals surface area contributed by atoms with Crippen LogP contribution in [0.1, 0.15) is 35.6 Å². The molecule has 1 aromatic heterocycles. The maximum atomic E-state index is 9.32. The van der Waals surface area contributed by atoms with Crippen molar-refractivity contribution < 1.29 is 5.11 Å². The second-order valence-electron chi connectivity index (χ2n) is 5.12. The lowest BCUT2D eigenvalue weighted by molar-refractivity contribution is 0.282. The first-order valence-electron chi connectivity index (χ1n) is 6.73. The molecule has 2 N–H and O–H groups in total. The van der Waals surface area contributed by atoms with Crippen molar-refractivity contribution in [1.29, 1.82) is 0 Å². The molecule has 0 unspecified atom stereocenters. The minimum atomic E-state index is 0.0612. The predicted octanol–water partition coefficient (Wildman–Crippen LogP) is 2.40. The van der Waals surface area contributed by atoms with Crippen molar-refractivity contribution >= 4 is 5.69 Å². The van der Waals surface area contributed by atoms with Crippen LogP contribution in [0.5, 0.6) is 0 Å². The Labute approximate surface area is 113 Å². The largest absolute Gasteiger partial charge is 0.392 e. The normalized spacial score (nSPS) is 14.6. The molecule has 1 aliphatic rings. The summed E-state index contributed by atoms with van der Waals surface area (Å²) in [6, 6.07) is 7.86. The van der Waals surface area contributed by atoms with Gasteiger partial charge < -0.3 is 10.4 Å². The molecule has 2 aromatic rings. The van der Waals surface area contributed by atoms with Gasteiger partial charge in [-0.1, -0.05) is 18.2 Å². The lowest BCUT2D eigenvalue weighted by Gasteiger charge is -2.11.